The smallest absolute Gasteiger partial charge is 0.328 e. The van der Waals surface area contributed by atoms with Gasteiger partial charge in [-0.2, -0.15) is 0 Å². The van der Waals surface area contributed by atoms with E-state index in [9.17, 15) is 14.4 Å². The Morgan fingerprint density at radius 2 is 1.64 bits per heavy atom. The SMILES string of the molecule is O=C1NC(=O)C(CCCCO)C(=O)N1. The highest BCUT2D eigenvalue weighted by atomic mass is 16.3. The predicted molar refractivity (Wildman–Crippen MR) is 46.1 cm³/mol. The van der Waals surface area contributed by atoms with E-state index >= 15 is 0 Å². The fraction of sp³-hybridized carbons (Fsp3) is 0.625. The number of aliphatic hydroxyl groups is 1. The van der Waals surface area contributed by atoms with Crippen molar-refractivity contribution in [2.45, 2.75) is 19.3 Å². The standard InChI is InChI=1S/C8H12N2O4/c11-4-2-1-3-5-6(12)9-8(14)10-7(5)13/h5,11H,1-4H2,(H2,9,10,12,13,14). The van der Waals surface area contributed by atoms with E-state index in [1.54, 1.807) is 0 Å². The van der Waals surface area contributed by atoms with Gasteiger partial charge in [-0.05, 0) is 19.3 Å². The van der Waals surface area contributed by atoms with Crippen molar-refractivity contribution >= 4 is 17.8 Å². The number of nitrogens with one attached hydrogen (secondary N) is 2. The molecule has 0 unspecified atom stereocenters. The number of amides is 4. The van der Waals surface area contributed by atoms with Crippen LogP contribution in [0.4, 0.5) is 4.79 Å². The number of rotatable bonds is 4. The molecular formula is C8H12N2O4. The molecule has 0 spiro atoms. The monoisotopic (exact) mass is 200 g/mol. The van der Waals surface area contributed by atoms with Gasteiger partial charge in [-0.1, -0.05) is 0 Å². The van der Waals surface area contributed by atoms with Crippen LogP contribution in [0.25, 0.3) is 0 Å². The summed E-state index contributed by atoms with van der Waals surface area (Å²) in [5.41, 5.74) is 0. The fourth-order valence-corrected chi connectivity index (χ4v) is 1.27. The summed E-state index contributed by atoms with van der Waals surface area (Å²) in [4.78, 5) is 33.0. The minimum absolute atomic E-state index is 0.0366. The number of imide groups is 2. The number of carbonyl (C=O) groups excluding carboxylic acids is 3. The zero-order chi connectivity index (χ0) is 10.6. The Kier molecular flexibility index (Phi) is 3.58. The fourth-order valence-electron chi connectivity index (χ4n) is 1.27. The summed E-state index contributed by atoms with van der Waals surface area (Å²) < 4.78 is 0. The molecule has 6 heteroatoms. The summed E-state index contributed by atoms with van der Waals surface area (Å²) in [5.74, 6) is -1.92. The molecule has 0 radical (unpaired) electrons. The summed E-state index contributed by atoms with van der Waals surface area (Å²) in [6.45, 7) is 0.0366. The highest BCUT2D eigenvalue weighted by Gasteiger charge is 2.33. The maximum atomic E-state index is 11.2. The minimum atomic E-state index is -0.806. The summed E-state index contributed by atoms with van der Waals surface area (Å²) in [6, 6.07) is -0.765. The Morgan fingerprint density at radius 1 is 1.07 bits per heavy atom. The van der Waals surface area contributed by atoms with Gasteiger partial charge in [0.05, 0.1) is 0 Å². The molecule has 0 aliphatic carbocycles. The Morgan fingerprint density at radius 3 is 2.14 bits per heavy atom. The van der Waals surface area contributed by atoms with Gasteiger partial charge in [0, 0.05) is 6.61 Å². The van der Waals surface area contributed by atoms with E-state index in [1.165, 1.54) is 0 Å². The molecule has 0 aromatic rings. The lowest BCUT2D eigenvalue weighted by molar-refractivity contribution is -0.136. The van der Waals surface area contributed by atoms with Crippen molar-refractivity contribution in [2.75, 3.05) is 6.61 Å². The lowest BCUT2D eigenvalue weighted by Gasteiger charge is -2.20. The quantitative estimate of drug-likeness (QED) is 0.406. The van der Waals surface area contributed by atoms with Gasteiger partial charge < -0.3 is 5.11 Å². The molecular weight excluding hydrogens is 188 g/mol. The van der Waals surface area contributed by atoms with Crippen LogP contribution in [0.1, 0.15) is 19.3 Å². The molecule has 0 atom stereocenters. The summed E-state index contributed by atoms with van der Waals surface area (Å²) >= 11 is 0. The van der Waals surface area contributed by atoms with Crippen LogP contribution >= 0.6 is 0 Å². The number of unbranched alkanes of at least 4 members (excludes halogenated alkanes) is 1. The number of aliphatic hydroxyl groups excluding tert-OH is 1. The van der Waals surface area contributed by atoms with E-state index in [4.69, 9.17) is 5.11 Å². The average Bonchev–Trinajstić information content (AvgIpc) is 2.09. The third-order valence-corrected chi connectivity index (χ3v) is 2.01. The molecule has 1 aliphatic rings. The second-order valence-electron chi connectivity index (χ2n) is 3.08. The first-order valence-electron chi connectivity index (χ1n) is 4.41. The molecule has 6 nitrogen and oxygen atoms in total. The molecule has 3 N–H and O–H groups in total. The number of carbonyl (C=O) groups is 3. The van der Waals surface area contributed by atoms with Gasteiger partial charge >= 0.3 is 6.03 Å². The molecule has 1 heterocycles. The first-order chi connectivity index (χ1) is 6.65. The van der Waals surface area contributed by atoms with E-state index in [2.05, 4.69) is 0 Å². The Labute approximate surface area is 80.7 Å². The number of hydrogen-bond acceptors (Lipinski definition) is 4. The van der Waals surface area contributed by atoms with Crippen molar-refractivity contribution in [3.63, 3.8) is 0 Å². The molecule has 0 aromatic heterocycles. The Bertz CT molecular complexity index is 244. The van der Waals surface area contributed by atoms with Crippen molar-refractivity contribution in [1.29, 1.82) is 0 Å². The van der Waals surface area contributed by atoms with Gasteiger partial charge in [0.1, 0.15) is 5.92 Å². The van der Waals surface area contributed by atoms with Crippen molar-refractivity contribution in [3.05, 3.63) is 0 Å². The molecule has 4 amide bonds. The second-order valence-corrected chi connectivity index (χ2v) is 3.08. The van der Waals surface area contributed by atoms with Gasteiger partial charge in [0.15, 0.2) is 0 Å². The molecule has 1 fully saturated rings. The molecule has 1 saturated heterocycles. The van der Waals surface area contributed by atoms with Crippen molar-refractivity contribution in [1.82, 2.24) is 10.6 Å². The van der Waals surface area contributed by atoms with Gasteiger partial charge in [0.2, 0.25) is 11.8 Å². The second kappa shape index (κ2) is 4.71. The number of urea groups is 1. The molecule has 0 aromatic carbocycles. The van der Waals surface area contributed by atoms with Crippen LogP contribution in [0.3, 0.4) is 0 Å². The van der Waals surface area contributed by atoms with Crippen LogP contribution in [0.2, 0.25) is 0 Å². The van der Waals surface area contributed by atoms with E-state index < -0.39 is 23.8 Å². The normalized spacial score (nSPS) is 17.9. The maximum absolute atomic E-state index is 11.2. The van der Waals surface area contributed by atoms with Crippen LogP contribution in [-0.2, 0) is 9.59 Å². The zero-order valence-corrected chi connectivity index (χ0v) is 7.58. The highest BCUT2D eigenvalue weighted by Crippen LogP contribution is 2.11. The van der Waals surface area contributed by atoms with Gasteiger partial charge in [0.25, 0.3) is 0 Å². The van der Waals surface area contributed by atoms with E-state index in [0.717, 1.165) is 0 Å². The van der Waals surface area contributed by atoms with Crippen molar-refractivity contribution < 1.29 is 19.5 Å². The summed E-state index contributed by atoms with van der Waals surface area (Å²) in [6.07, 6.45) is 1.48. The summed E-state index contributed by atoms with van der Waals surface area (Å²) in [5, 5.41) is 12.5. The van der Waals surface area contributed by atoms with Crippen LogP contribution in [-0.4, -0.2) is 29.6 Å². The lowest BCUT2D eigenvalue weighted by Crippen LogP contribution is -2.55. The van der Waals surface area contributed by atoms with E-state index in [-0.39, 0.29) is 6.61 Å². The molecule has 78 valence electrons. The lowest BCUT2D eigenvalue weighted by atomic mass is 9.99. The molecule has 1 aliphatic heterocycles. The van der Waals surface area contributed by atoms with Crippen LogP contribution in [0.15, 0.2) is 0 Å². The minimum Gasteiger partial charge on any atom is -0.396 e. The predicted octanol–water partition coefficient (Wildman–Crippen LogP) is -0.869. The van der Waals surface area contributed by atoms with E-state index in [1.807, 2.05) is 10.6 Å². The van der Waals surface area contributed by atoms with Gasteiger partial charge in [-0.3, -0.25) is 20.2 Å². The average molecular weight is 200 g/mol. The number of hydrogen-bond donors (Lipinski definition) is 3. The Balaban J connectivity index is 2.46. The van der Waals surface area contributed by atoms with Gasteiger partial charge in [-0.15, -0.1) is 0 Å². The topological polar surface area (TPSA) is 95.5 Å². The highest BCUT2D eigenvalue weighted by molar-refractivity contribution is 6.16. The van der Waals surface area contributed by atoms with E-state index in [0.29, 0.717) is 19.3 Å². The molecule has 0 saturated carbocycles. The molecule has 14 heavy (non-hydrogen) atoms. The van der Waals surface area contributed by atoms with Gasteiger partial charge in [-0.25, -0.2) is 4.79 Å². The van der Waals surface area contributed by atoms with Crippen LogP contribution < -0.4 is 10.6 Å². The van der Waals surface area contributed by atoms with Crippen LogP contribution in [0, 0.1) is 5.92 Å². The van der Waals surface area contributed by atoms with Crippen LogP contribution in [0.5, 0.6) is 0 Å². The third-order valence-electron chi connectivity index (χ3n) is 2.01. The first kappa shape index (κ1) is 10.6. The molecule has 1 rings (SSSR count). The molecule has 0 bridgehead atoms. The van der Waals surface area contributed by atoms with Crippen molar-refractivity contribution in [2.24, 2.45) is 5.92 Å². The largest absolute Gasteiger partial charge is 0.396 e. The third kappa shape index (κ3) is 2.53. The number of barbiturate groups is 1. The summed E-state index contributed by atoms with van der Waals surface area (Å²) in [7, 11) is 0. The first-order valence-corrected chi connectivity index (χ1v) is 4.41. The zero-order valence-electron chi connectivity index (χ0n) is 7.58. The Hall–Kier alpha value is -1.43. The maximum Gasteiger partial charge on any atom is 0.328 e. The van der Waals surface area contributed by atoms with Crippen molar-refractivity contribution in [3.8, 4) is 0 Å².